The van der Waals surface area contributed by atoms with E-state index >= 15 is 0 Å². The van der Waals surface area contributed by atoms with E-state index < -0.39 is 0 Å². The summed E-state index contributed by atoms with van der Waals surface area (Å²) in [6, 6.07) is 33.7. The van der Waals surface area contributed by atoms with Crippen LogP contribution in [0.2, 0.25) is 0 Å². The number of fused-ring (bicyclic) bond motifs is 3. The molecule has 0 aliphatic heterocycles. The maximum absolute atomic E-state index is 9.75. The largest absolute Gasteiger partial charge is 0.309 e. The molecule has 5 aromatic rings. The van der Waals surface area contributed by atoms with Gasteiger partial charge < -0.3 is 4.57 Å². The highest BCUT2D eigenvalue weighted by Gasteiger charge is 2.20. The number of hydrogen-bond donors (Lipinski definition) is 0. The van der Waals surface area contributed by atoms with Crippen LogP contribution in [-0.2, 0) is 0 Å². The average Bonchev–Trinajstić information content (AvgIpc) is 3.26. The van der Waals surface area contributed by atoms with Crippen LogP contribution in [0.25, 0.3) is 38.6 Å². The van der Waals surface area contributed by atoms with E-state index in [1.54, 1.807) is 18.2 Å². The van der Waals surface area contributed by atoms with Crippen molar-refractivity contribution in [2.24, 2.45) is 0 Å². The molecule has 1 aliphatic rings. The smallest absolute Gasteiger partial charge is 0.0998 e. The van der Waals surface area contributed by atoms with E-state index in [9.17, 15) is 10.5 Å². The lowest BCUT2D eigenvalue weighted by atomic mass is 9.83. The molecule has 0 bridgehead atoms. The van der Waals surface area contributed by atoms with Gasteiger partial charge in [0.1, 0.15) is 0 Å². The van der Waals surface area contributed by atoms with Crippen LogP contribution >= 0.6 is 0 Å². The van der Waals surface area contributed by atoms with E-state index in [0.29, 0.717) is 22.6 Å². The van der Waals surface area contributed by atoms with Crippen molar-refractivity contribution in [3.8, 4) is 29.0 Å². The van der Waals surface area contributed by atoms with Crippen molar-refractivity contribution in [3.05, 3.63) is 102 Å². The molecule has 0 saturated heterocycles. The third kappa shape index (κ3) is 3.58. The highest BCUT2D eigenvalue weighted by molar-refractivity contribution is 6.11. The first-order chi connectivity index (χ1) is 17.3. The van der Waals surface area contributed by atoms with E-state index in [2.05, 4.69) is 71.3 Å². The Kier molecular flexibility index (Phi) is 5.32. The molecule has 0 amide bonds. The number of nitriles is 2. The van der Waals surface area contributed by atoms with E-state index in [1.807, 2.05) is 12.1 Å². The van der Waals surface area contributed by atoms with Crippen molar-refractivity contribution in [2.45, 2.75) is 38.0 Å². The van der Waals surface area contributed by atoms with E-state index in [1.165, 1.54) is 48.6 Å². The van der Waals surface area contributed by atoms with Crippen molar-refractivity contribution in [1.82, 2.24) is 4.57 Å². The second-order valence-electron chi connectivity index (χ2n) is 9.47. The topological polar surface area (TPSA) is 52.5 Å². The third-order valence-corrected chi connectivity index (χ3v) is 7.47. The number of rotatable bonds is 3. The van der Waals surface area contributed by atoms with Crippen molar-refractivity contribution in [3.63, 3.8) is 0 Å². The molecule has 0 unspecified atom stereocenters. The summed E-state index contributed by atoms with van der Waals surface area (Å²) < 4.78 is 2.32. The molecule has 1 aliphatic carbocycles. The van der Waals surface area contributed by atoms with Gasteiger partial charge in [-0.2, -0.15) is 10.5 Å². The highest BCUT2D eigenvalue weighted by atomic mass is 15.0. The van der Waals surface area contributed by atoms with Crippen LogP contribution < -0.4 is 0 Å². The van der Waals surface area contributed by atoms with Crippen LogP contribution in [0.15, 0.2) is 84.9 Å². The average molecular weight is 452 g/mol. The zero-order valence-corrected chi connectivity index (χ0v) is 19.5. The summed E-state index contributed by atoms with van der Waals surface area (Å²) >= 11 is 0. The minimum absolute atomic E-state index is 0.526. The summed E-state index contributed by atoms with van der Waals surface area (Å²) in [4.78, 5) is 0. The Labute approximate surface area is 205 Å². The van der Waals surface area contributed by atoms with E-state index in [0.717, 1.165) is 22.2 Å². The predicted octanol–water partition coefficient (Wildman–Crippen LogP) is 8.24. The molecule has 6 rings (SSSR count). The number of nitrogens with zero attached hydrogens (tertiary/aromatic N) is 3. The normalized spacial score (nSPS) is 14.1. The maximum Gasteiger partial charge on any atom is 0.0998 e. The maximum atomic E-state index is 9.75. The minimum atomic E-state index is 0.526. The second-order valence-corrected chi connectivity index (χ2v) is 9.47. The van der Waals surface area contributed by atoms with Gasteiger partial charge in [-0.3, -0.25) is 0 Å². The number of hydrogen-bond acceptors (Lipinski definition) is 2. The Bertz CT molecular complexity index is 1610. The lowest BCUT2D eigenvalue weighted by molar-refractivity contribution is 0.444. The summed E-state index contributed by atoms with van der Waals surface area (Å²) in [6.45, 7) is 0. The lowest BCUT2D eigenvalue weighted by Crippen LogP contribution is -2.04. The van der Waals surface area contributed by atoms with Crippen molar-refractivity contribution >= 4 is 21.8 Å². The Balaban J connectivity index is 1.64. The van der Waals surface area contributed by atoms with Gasteiger partial charge in [0.15, 0.2) is 0 Å². The predicted molar refractivity (Wildman–Crippen MR) is 141 cm³/mol. The van der Waals surface area contributed by atoms with Gasteiger partial charge in [-0.15, -0.1) is 0 Å². The van der Waals surface area contributed by atoms with Crippen LogP contribution in [-0.4, -0.2) is 4.57 Å². The Hall–Kier alpha value is -4.34. The summed E-state index contributed by atoms with van der Waals surface area (Å²) in [6.07, 6.45) is 6.47. The summed E-state index contributed by atoms with van der Waals surface area (Å²) in [5.74, 6) is 0.621. The Morgan fingerprint density at radius 1 is 0.657 bits per heavy atom. The number of benzene rings is 4. The van der Waals surface area contributed by atoms with Crippen molar-refractivity contribution in [2.75, 3.05) is 0 Å². The van der Waals surface area contributed by atoms with Crippen LogP contribution in [0.1, 0.15) is 54.7 Å². The summed E-state index contributed by atoms with van der Waals surface area (Å²) in [5, 5.41) is 21.9. The fraction of sp³-hybridized carbons (Fsp3) is 0.188. The molecule has 168 valence electrons. The molecule has 0 radical (unpaired) electrons. The van der Waals surface area contributed by atoms with Gasteiger partial charge in [0.2, 0.25) is 0 Å². The number of aromatic nitrogens is 1. The first kappa shape index (κ1) is 21.2. The van der Waals surface area contributed by atoms with Gasteiger partial charge in [0, 0.05) is 22.0 Å². The van der Waals surface area contributed by atoms with Crippen molar-refractivity contribution in [1.29, 1.82) is 10.5 Å². The third-order valence-electron chi connectivity index (χ3n) is 7.47. The fourth-order valence-electron chi connectivity index (χ4n) is 5.79. The first-order valence-electron chi connectivity index (χ1n) is 12.4. The van der Waals surface area contributed by atoms with Crippen LogP contribution in [0.3, 0.4) is 0 Å². The van der Waals surface area contributed by atoms with E-state index in [4.69, 9.17) is 0 Å². The highest BCUT2D eigenvalue weighted by Crippen LogP contribution is 2.39. The van der Waals surface area contributed by atoms with Gasteiger partial charge in [-0.05, 0) is 78.4 Å². The monoisotopic (exact) mass is 451 g/mol. The Morgan fingerprint density at radius 2 is 1.31 bits per heavy atom. The van der Waals surface area contributed by atoms with Gasteiger partial charge >= 0.3 is 0 Å². The van der Waals surface area contributed by atoms with Gasteiger partial charge in [-0.25, -0.2) is 0 Å². The zero-order valence-electron chi connectivity index (χ0n) is 19.5. The van der Waals surface area contributed by atoms with Crippen molar-refractivity contribution < 1.29 is 0 Å². The molecule has 3 nitrogen and oxygen atoms in total. The molecule has 1 aromatic heterocycles. The fourth-order valence-corrected chi connectivity index (χ4v) is 5.79. The molecule has 4 aromatic carbocycles. The summed E-state index contributed by atoms with van der Waals surface area (Å²) in [5.41, 5.74) is 7.52. The first-order valence-corrected chi connectivity index (χ1v) is 12.4. The van der Waals surface area contributed by atoms with E-state index in [-0.39, 0.29) is 0 Å². The molecule has 1 saturated carbocycles. The summed E-state index contributed by atoms with van der Waals surface area (Å²) in [7, 11) is 0. The molecule has 3 heteroatoms. The van der Waals surface area contributed by atoms with Crippen LogP contribution in [0, 0.1) is 22.7 Å². The molecule has 35 heavy (non-hydrogen) atoms. The quantitative estimate of drug-likeness (QED) is 0.277. The lowest BCUT2D eigenvalue weighted by Gasteiger charge is -2.22. The SMILES string of the molecule is N#Cc1cccc(C#N)c1-c1ccc2c(c1)c1cc(C3CCCCC3)ccc1n2-c1ccccc1. The molecular formula is C32H25N3. The van der Waals surface area contributed by atoms with Crippen LogP contribution in [0.5, 0.6) is 0 Å². The van der Waals surface area contributed by atoms with Gasteiger partial charge in [-0.1, -0.05) is 55.7 Å². The number of para-hydroxylation sites is 1. The Morgan fingerprint density at radius 3 is 2.00 bits per heavy atom. The van der Waals surface area contributed by atoms with Crippen LogP contribution in [0.4, 0.5) is 0 Å². The second kappa shape index (κ2) is 8.79. The van der Waals surface area contributed by atoms with Gasteiger partial charge in [0.05, 0.1) is 34.3 Å². The molecular weight excluding hydrogens is 426 g/mol. The molecule has 1 fully saturated rings. The standard InChI is InChI=1S/C32H25N3/c33-20-25-10-7-11-26(21-34)32(25)24-15-17-31-29(19-24)28-18-23(22-8-3-1-4-9-22)14-16-30(28)35(31)27-12-5-2-6-13-27/h2,5-7,10-19,22H,1,3-4,8-9H2. The molecule has 1 heterocycles. The zero-order chi connectivity index (χ0) is 23.8. The molecule has 0 spiro atoms. The van der Waals surface area contributed by atoms with Gasteiger partial charge in [0.25, 0.3) is 0 Å². The molecule has 0 atom stereocenters. The molecule has 0 N–H and O–H groups in total. The minimum Gasteiger partial charge on any atom is -0.309 e.